The summed E-state index contributed by atoms with van der Waals surface area (Å²) in [6.07, 6.45) is 7.75. The molecule has 2 heterocycles. The van der Waals surface area contributed by atoms with Crippen LogP contribution in [0.3, 0.4) is 0 Å². The highest BCUT2D eigenvalue weighted by Crippen LogP contribution is 2.20. The number of aryl methyl sites for hydroxylation is 1. The topological polar surface area (TPSA) is 73.7 Å². The fourth-order valence-corrected chi connectivity index (χ4v) is 4.48. The van der Waals surface area contributed by atoms with Gasteiger partial charge < -0.3 is 14.0 Å². The first-order chi connectivity index (χ1) is 18.5. The minimum atomic E-state index is -0.318. The molecule has 0 saturated heterocycles. The highest BCUT2D eigenvalue weighted by molar-refractivity contribution is 5.89. The van der Waals surface area contributed by atoms with Crippen LogP contribution >= 0.6 is 24.8 Å². The van der Waals surface area contributed by atoms with Crippen molar-refractivity contribution in [2.24, 2.45) is 7.05 Å². The van der Waals surface area contributed by atoms with Gasteiger partial charge in [0, 0.05) is 44.0 Å². The average Bonchev–Trinajstić information content (AvgIpc) is 2.96. The highest BCUT2D eigenvalue weighted by atomic mass is 35.5. The Morgan fingerprint density at radius 2 is 1.73 bits per heavy atom. The summed E-state index contributed by atoms with van der Waals surface area (Å²) in [5, 5.41) is 0.994. The number of ether oxygens (including phenoxy) is 2. The third-order valence-corrected chi connectivity index (χ3v) is 6.70. The number of nitrogens with zero attached hydrogens (tertiary/aromatic N) is 3. The Kier molecular flexibility index (Phi) is 13.7. The number of hydrogen-bond donors (Lipinski definition) is 0. The van der Waals surface area contributed by atoms with Crippen LogP contribution < -0.4 is 10.3 Å². The standard InChI is InChI=1S/C31H35N3O4.2ClH/c1-33-29-14-13-28(21-27(29)12-15-30(33)35)38-20-5-3-4-18-34(19-16-24-7-6-17-32-22-24)23-25-8-10-26(11-9-25)31(36)37-2;;/h6-15,17,21-22H,3-5,16,18-20,23H2,1-2H3;2*1H. The van der Waals surface area contributed by atoms with E-state index in [0.29, 0.717) is 12.2 Å². The van der Waals surface area contributed by atoms with Gasteiger partial charge >= 0.3 is 5.97 Å². The van der Waals surface area contributed by atoms with E-state index < -0.39 is 0 Å². The zero-order valence-corrected chi connectivity index (χ0v) is 24.6. The van der Waals surface area contributed by atoms with Gasteiger partial charge in [-0.15, -0.1) is 24.8 Å². The molecular formula is C31H37Cl2N3O4. The van der Waals surface area contributed by atoms with Crippen molar-refractivity contribution >= 4 is 41.7 Å². The molecule has 0 aliphatic rings. The zero-order chi connectivity index (χ0) is 26.7. The molecular weight excluding hydrogens is 549 g/mol. The van der Waals surface area contributed by atoms with E-state index in [0.717, 1.165) is 62.0 Å². The molecule has 0 saturated carbocycles. The number of rotatable bonds is 13. The Hall–Kier alpha value is -3.39. The molecule has 9 heteroatoms. The normalized spacial score (nSPS) is 10.6. The van der Waals surface area contributed by atoms with E-state index in [1.54, 1.807) is 23.9 Å². The quantitative estimate of drug-likeness (QED) is 0.144. The Morgan fingerprint density at radius 3 is 2.45 bits per heavy atom. The van der Waals surface area contributed by atoms with Crippen molar-refractivity contribution < 1.29 is 14.3 Å². The van der Waals surface area contributed by atoms with E-state index in [2.05, 4.69) is 16.0 Å². The molecule has 0 atom stereocenters. The molecule has 40 heavy (non-hydrogen) atoms. The van der Waals surface area contributed by atoms with Crippen molar-refractivity contribution in [2.45, 2.75) is 32.2 Å². The van der Waals surface area contributed by atoms with Crippen molar-refractivity contribution in [2.75, 3.05) is 26.8 Å². The molecule has 0 N–H and O–H groups in total. The number of esters is 1. The number of methoxy groups -OCH3 is 1. The van der Waals surface area contributed by atoms with E-state index in [-0.39, 0.29) is 36.3 Å². The van der Waals surface area contributed by atoms with Gasteiger partial charge in [-0.05, 0) is 85.8 Å². The Morgan fingerprint density at radius 1 is 0.925 bits per heavy atom. The number of hydrogen-bond acceptors (Lipinski definition) is 6. The minimum absolute atomic E-state index is 0. The van der Waals surface area contributed by atoms with Gasteiger partial charge in [-0.1, -0.05) is 18.2 Å². The molecule has 2 aromatic carbocycles. The SMILES string of the molecule is COC(=O)c1ccc(CN(CCCCCOc2ccc3c(ccc(=O)n3C)c2)CCc2cccnc2)cc1.Cl.Cl. The summed E-state index contributed by atoms with van der Waals surface area (Å²) in [5.74, 6) is 0.506. The lowest BCUT2D eigenvalue weighted by Gasteiger charge is -2.22. The number of carbonyl (C=O) groups is 1. The van der Waals surface area contributed by atoms with Gasteiger partial charge in [-0.2, -0.15) is 0 Å². The summed E-state index contributed by atoms with van der Waals surface area (Å²) in [6.45, 7) is 3.38. The average molecular weight is 587 g/mol. The molecule has 0 spiro atoms. The van der Waals surface area contributed by atoms with Gasteiger partial charge in [0.1, 0.15) is 5.75 Å². The third-order valence-electron chi connectivity index (χ3n) is 6.70. The monoisotopic (exact) mass is 585 g/mol. The van der Waals surface area contributed by atoms with Crippen LogP contribution in [-0.2, 0) is 24.8 Å². The maximum Gasteiger partial charge on any atom is 0.337 e. The molecule has 0 aliphatic carbocycles. The van der Waals surface area contributed by atoms with E-state index in [9.17, 15) is 9.59 Å². The smallest absolute Gasteiger partial charge is 0.337 e. The van der Waals surface area contributed by atoms with Gasteiger partial charge in [0.15, 0.2) is 0 Å². The first-order valence-electron chi connectivity index (χ1n) is 13.0. The predicted octanol–water partition coefficient (Wildman–Crippen LogP) is 5.86. The lowest BCUT2D eigenvalue weighted by Crippen LogP contribution is -2.27. The van der Waals surface area contributed by atoms with Gasteiger partial charge in [0.2, 0.25) is 0 Å². The number of fused-ring (bicyclic) bond motifs is 1. The molecule has 4 aromatic rings. The van der Waals surface area contributed by atoms with Crippen molar-refractivity contribution in [1.82, 2.24) is 14.5 Å². The van der Waals surface area contributed by atoms with Crippen LogP contribution in [0.2, 0.25) is 0 Å². The lowest BCUT2D eigenvalue weighted by molar-refractivity contribution is 0.0600. The molecule has 0 unspecified atom stereocenters. The largest absolute Gasteiger partial charge is 0.494 e. The van der Waals surface area contributed by atoms with E-state index >= 15 is 0 Å². The Balaban J connectivity index is 0.00000280. The first kappa shape index (κ1) is 32.8. The molecule has 0 radical (unpaired) electrons. The maximum atomic E-state index is 11.8. The van der Waals surface area contributed by atoms with Crippen LogP contribution in [0.5, 0.6) is 5.75 Å². The third kappa shape index (κ3) is 9.37. The fourth-order valence-electron chi connectivity index (χ4n) is 4.48. The molecule has 0 aliphatic heterocycles. The van der Waals surface area contributed by atoms with Crippen molar-refractivity contribution in [3.05, 3.63) is 106 Å². The molecule has 7 nitrogen and oxygen atoms in total. The summed E-state index contributed by atoms with van der Waals surface area (Å²) in [7, 11) is 3.18. The second kappa shape index (κ2) is 16.7. The Bertz CT molecular complexity index is 1400. The van der Waals surface area contributed by atoms with E-state index in [1.807, 2.05) is 60.8 Å². The van der Waals surface area contributed by atoms with Gasteiger partial charge in [0.05, 0.1) is 24.8 Å². The second-order valence-corrected chi connectivity index (χ2v) is 9.44. The molecule has 0 bridgehead atoms. The van der Waals surface area contributed by atoms with Gasteiger partial charge in [-0.25, -0.2) is 4.79 Å². The molecule has 0 amide bonds. The number of halogens is 2. The predicted molar refractivity (Wildman–Crippen MR) is 164 cm³/mol. The molecule has 214 valence electrons. The van der Waals surface area contributed by atoms with Gasteiger partial charge in [-0.3, -0.25) is 14.7 Å². The molecule has 4 rings (SSSR count). The number of aromatic nitrogens is 2. The van der Waals surface area contributed by atoms with Crippen LogP contribution in [0.1, 0.15) is 40.7 Å². The van der Waals surface area contributed by atoms with Crippen LogP contribution in [0, 0.1) is 0 Å². The maximum absolute atomic E-state index is 11.8. The zero-order valence-electron chi connectivity index (χ0n) is 23.0. The summed E-state index contributed by atoms with van der Waals surface area (Å²) in [4.78, 5) is 30.2. The summed E-state index contributed by atoms with van der Waals surface area (Å²) < 4.78 is 12.4. The highest BCUT2D eigenvalue weighted by Gasteiger charge is 2.09. The number of carbonyl (C=O) groups excluding carboxylic acids is 1. The first-order valence-corrected chi connectivity index (χ1v) is 13.0. The van der Waals surface area contributed by atoms with Crippen molar-refractivity contribution in [3.8, 4) is 5.75 Å². The fraction of sp³-hybridized carbons (Fsp3) is 0.323. The summed E-state index contributed by atoms with van der Waals surface area (Å²) in [6, 6.07) is 21.0. The molecule has 0 fully saturated rings. The van der Waals surface area contributed by atoms with Crippen LogP contribution in [-0.4, -0.2) is 47.2 Å². The van der Waals surface area contributed by atoms with E-state index in [4.69, 9.17) is 9.47 Å². The van der Waals surface area contributed by atoms with Crippen molar-refractivity contribution in [1.29, 1.82) is 0 Å². The van der Waals surface area contributed by atoms with Crippen LogP contribution in [0.4, 0.5) is 0 Å². The number of unbranched alkanes of at least 4 members (excludes halogenated alkanes) is 2. The lowest BCUT2D eigenvalue weighted by atomic mass is 10.1. The van der Waals surface area contributed by atoms with Gasteiger partial charge in [0.25, 0.3) is 5.56 Å². The van der Waals surface area contributed by atoms with Crippen LogP contribution in [0.15, 0.2) is 83.9 Å². The molecule has 2 aromatic heterocycles. The minimum Gasteiger partial charge on any atom is -0.494 e. The number of benzene rings is 2. The van der Waals surface area contributed by atoms with Crippen molar-refractivity contribution in [3.63, 3.8) is 0 Å². The number of pyridine rings is 2. The second-order valence-electron chi connectivity index (χ2n) is 9.44. The van der Waals surface area contributed by atoms with Crippen LogP contribution in [0.25, 0.3) is 10.9 Å². The Labute approximate surface area is 248 Å². The summed E-state index contributed by atoms with van der Waals surface area (Å²) in [5.41, 5.74) is 3.84. The van der Waals surface area contributed by atoms with E-state index in [1.165, 1.54) is 18.2 Å². The summed E-state index contributed by atoms with van der Waals surface area (Å²) >= 11 is 0.